The van der Waals surface area contributed by atoms with Gasteiger partial charge in [-0.25, -0.2) is 4.99 Å². The van der Waals surface area contributed by atoms with E-state index in [2.05, 4.69) is 20.3 Å². The van der Waals surface area contributed by atoms with Crippen LogP contribution >= 0.6 is 0 Å². The molecule has 0 spiro atoms. The van der Waals surface area contributed by atoms with E-state index >= 15 is 0 Å². The van der Waals surface area contributed by atoms with Gasteiger partial charge in [-0.15, -0.1) is 0 Å². The Labute approximate surface area is 86.3 Å². The van der Waals surface area contributed by atoms with E-state index < -0.39 is 0 Å². The van der Waals surface area contributed by atoms with Crippen molar-refractivity contribution in [2.45, 2.75) is 0 Å². The average Bonchev–Trinajstić information content (AvgIpc) is 2.72. The van der Waals surface area contributed by atoms with Crippen LogP contribution in [0.2, 0.25) is 0 Å². The predicted octanol–water partition coefficient (Wildman–Crippen LogP) is 0.509. The maximum Gasteiger partial charge on any atom is 0.166 e. The van der Waals surface area contributed by atoms with E-state index in [1.165, 1.54) is 0 Å². The number of carbonyl (C=O) groups is 1. The number of aldehydes is 1. The highest BCUT2D eigenvalue weighted by atomic mass is 16.1. The molecule has 1 aromatic heterocycles. The van der Waals surface area contributed by atoms with Gasteiger partial charge >= 0.3 is 0 Å². The minimum absolute atomic E-state index is 0.238. The summed E-state index contributed by atoms with van der Waals surface area (Å²) in [5, 5.41) is 3.18. The molecule has 15 heavy (non-hydrogen) atoms. The van der Waals surface area contributed by atoms with Crippen molar-refractivity contribution in [3.63, 3.8) is 0 Å². The van der Waals surface area contributed by atoms with Crippen LogP contribution in [0.5, 0.6) is 0 Å². The molecule has 2 aliphatic heterocycles. The van der Waals surface area contributed by atoms with Crippen molar-refractivity contribution in [2.75, 3.05) is 13.2 Å². The molecule has 0 aromatic carbocycles. The Kier molecular flexibility index (Phi) is 1.78. The third kappa shape index (κ3) is 1.24. The number of hydrogen-bond acceptors (Lipinski definition) is 4. The zero-order valence-electron chi connectivity index (χ0n) is 8.03. The molecule has 5 nitrogen and oxygen atoms in total. The highest BCUT2D eigenvalue weighted by Gasteiger charge is 2.26. The van der Waals surface area contributed by atoms with Crippen LogP contribution in [-0.4, -0.2) is 36.4 Å². The van der Waals surface area contributed by atoms with Gasteiger partial charge in [0.05, 0.1) is 18.1 Å². The smallest absolute Gasteiger partial charge is 0.166 e. The zero-order valence-corrected chi connectivity index (χ0v) is 8.03. The topological polar surface area (TPSA) is 69.6 Å². The summed E-state index contributed by atoms with van der Waals surface area (Å²) in [7, 11) is 0. The van der Waals surface area contributed by atoms with Crippen molar-refractivity contribution in [1.82, 2.24) is 10.3 Å². The Balaban J connectivity index is 2.14. The third-order valence-corrected chi connectivity index (χ3v) is 2.68. The number of rotatable bonds is 1. The van der Waals surface area contributed by atoms with Gasteiger partial charge in [0.25, 0.3) is 0 Å². The summed E-state index contributed by atoms with van der Waals surface area (Å²) < 4.78 is 0. The van der Waals surface area contributed by atoms with Gasteiger partial charge in [0.1, 0.15) is 5.82 Å². The molecule has 0 radical (unpaired) electrons. The van der Waals surface area contributed by atoms with E-state index in [9.17, 15) is 4.79 Å². The largest absolute Gasteiger partial charge is 0.337 e. The van der Waals surface area contributed by atoms with E-state index in [1.54, 1.807) is 0 Å². The molecule has 2 aliphatic rings. The molecule has 1 aromatic rings. The fourth-order valence-electron chi connectivity index (χ4n) is 1.97. The summed E-state index contributed by atoms with van der Waals surface area (Å²) in [6, 6.07) is 1.82. The highest BCUT2D eigenvalue weighted by Crippen LogP contribution is 2.27. The third-order valence-electron chi connectivity index (χ3n) is 2.68. The lowest BCUT2D eigenvalue weighted by Gasteiger charge is -2.23. The maximum atomic E-state index is 10.6. The molecule has 0 aliphatic carbocycles. The monoisotopic (exact) mass is 202 g/mol. The average molecular weight is 202 g/mol. The van der Waals surface area contributed by atoms with Crippen molar-refractivity contribution >= 4 is 24.0 Å². The molecular formula is C10H10N4O. The minimum atomic E-state index is 0.238. The number of fused-ring (bicyclic) bond motifs is 3. The van der Waals surface area contributed by atoms with Crippen LogP contribution in [0.25, 0.3) is 0 Å². The van der Waals surface area contributed by atoms with Crippen LogP contribution in [0.4, 0.5) is 5.82 Å². The molecule has 2 N–H and O–H groups in total. The Morgan fingerprint density at radius 2 is 2.47 bits per heavy atom. The van der Waals surface area contributed by atoms with Crippen LogP contribution in [-0.2, 0) is 0 Å². The molecule has 0 bridgehead atoms. The quantitative estimate of drug-likeness (QED) is 0.651. The Bertz CT molecular complexity index is 472. The summed E-state index contributed by atoms with van der Waals surface area (Å²) in [4.78, 5) is 22.3. The van der Waals surface area contributed by atoms with Crippen molar-refractivity contribution < 1.29 is 4.79 Å². The fraction of sp³-hybridized carbons (Fsp3) is 0.300. The molecule has 5 heteroatoms. The van der Waals surface area contributed by atoms with Crippen LogP contribution in [0.1, 0.15) is 16.1 Å². The Hall–Kier alpha value is -1.75. The van der Waals surface area contributed by atoms with E-state index in [0.29, 0.717) is 12.4 Å². The second-order valence-electron chi connectivity index (χ2n) is 3.65. The first-order valence-corrected chi connectivity index (χ1v) is 4.86. The molecule has 3 rings (SSSR count). The van der Waals surface area contributed by atoms with Crippen LogP contribution in [0.15, 0.2) is 16.1 Å². The number of aliphatic imine (C=N–C) groups is 2. The Morgan fingerprint density at radius 1 is 1.53 bits per heavy atom. The van der Waals surface area contributed by atoms with E-state index in [1.807, 2.05) is 12.3 Å². The first kappa shape index (κ1) is 8.55. The van der Waals surface area contributed by atoms with Gasteiger partial charge < -0.3 is 4.98 Å². The van der Waals surface area contributed by atoms with Gasteiger partial charge in [-0.2, -0.15) is 0 Å². The molecule has 76 valence electrons. The second-order valence-corrected chi connectivity index (χ2v) is 3.65. The molecule has 3 heterocycles. The second kappa shape index (κ2) is 3.13. The van der Waals surface area contributed by atoms with Gasteiger partial charge in [0.15, 0.2) is 6.29 Å². The number of nitrogens with one attached hydrogen (secondary N) is 2. The first-order chi connectivity index (χ1) is 7.38. The van der Waals surface area contributed by atoms with Crippen molar-refractivity contribution in [3.05, 3.63) is 17.3 Å². The summed E-state index contributed by atoms with van der Waals surface area (Å²) in [6.07, 6.45) is 2.67. The summed E-state index contributed by atoms with van der Waals surface area (Å²) in [5.41, 5.74) is 2.55. The molecule has 0 fully saturated rings. The van der Waals surface area contributed by atoms with Crippen molar-refractivity contribution in [1.29, 1.82) is 0 Å². The number of H-pyrrole nitrogens is 1. The minimum Gasteiger partial charge on any atom is -0.337 e. The molecule has 1 atom stereocenters. The van der Waals surface area contributed by atoms with Gasteiger partial charge in [-0.1, -0.05) is 0 Å². The molecule has 0 saturated carbocycles. The highest BCUT2D eigenvalue weighted by molar-refractivity contribution is 6.15. The number of carbonyl (C=O) groups excluding carboxylic acids is 1. The summed E-state index contributed by atoms with van der Waals surface area (Å²) >= 11 is 0. The SMILES string of the molecule is O=Cc1cc2c([nH]1)N=CC1CNCN=C21. The molecule has 0 amide bonds. The fourth-order valence-corrected chi connectivity index (χ4v) is 1.97. The lowest BCUT2D eigenvalue weighted by Crippen LogP contribution is -2.36. The van der Waals surface area contributed by atoms with Crippen LogP contribution in [0, 0.1) is 5.92 Å². The Morgan fingerprint density at radius 3 is 3.33 bits per heavy atom. The van der Waals surface area contributed by atoms with Crippen LogP contribution in [0.3, 0.4) is 0 Å². The molecule has 0 saturated heterocycles. The number of aromatic amines is 1. The lowest BCUT2D eigenvalue weighted by molar-refractivity contribution is 0.111. The van der Waals surface area contributed by atoms with Gasteiger partial charge in [-0.05, 0) is 6.07 Å². The maximum absolute atomic E-state index is 10.6. The van der Waals surface area contributed by atoms with Crippen molar-refractivity contribution in [2.24, 2.45) is 15.9 Å². The van der Waals surface area contributed by atoms with Crippen molar-refractivity contribution in [3.8, 4) is 0 Å². The normalized spacial score (nSPS) is 22.9. The number of hydrogen-bond donors (Lipinski definition) is 2. The van der Waals surface area contributed by atoms with Gasteiger partial charge in [-0.3, -0.25) is 15.1 Å². The van der Waals surface area contributed by atoms with E-state index in [0.717, 1.165) is 29.9 Å². The zero-order chi connectivity index (χ0) is 10.3. The van der Waals surface area contributed by atoms with Gasteiger partial charge in [0.2, 0.25) is 0 Å². The standard InChI is InChI=1S/C10H10N4O/c15-4-7-1-8-9-6(2-11-5-13-9)3-12-10(8)14-7/h1,3-4,6,11,14H,2,5H2. The lowest BCUT2D eigenvalue weighted by atomic mass is 9.95. The first-order valence-electron chi connectivity index (χ1n) is 4.86. The molecule has 1 unspecified atom stereocenters. The predicted molar refractivity (Wildman–Crippen MR) is 57.2 cm³/mol. The van der Waals surface area contributed by atoms with Crippen LogP contribution < -0.4 is 5.32 Å². The molecular weight excluding hydrogens is 192 g/mol. The van der Waals surface area contributed by atoms with E-state index in [4.69, 9.17) is 0 Å². The van der Waals surface area contributed by atoms with Gasteiger partial charge in [0, 0.05) is 24.2 Å². The summed E-state index contributed by atoms with van der Waals surface area (Å²) in [6.45, 7) is 1.50. The summed E-state index contributed by atoms with van der Waals surface area (Å²) in [5.74, 6) is 0.982. The van der Waals surface area contributed by atoms with E-state index in [-0.39, 0.29) is 5.92 Å². The number of aromatic nitrogens is 1. The number of nitrogens with zero attached hydrogens (tertiary/aromatic N) is 2.